The van der Waals surface area contributed by atoms with Gasteiger partial charge < -0.3 is 0 Å². The molecule has 2 rings (SSSR count). The molecule has 0 aromatic heterocycles. The van der Waals surface area contributed by atoms with E-state index in [0.717, 1.165) is 6.32 Å². The lowest BCUT2D eigenvalue weighted by Gasteiger charge is -2.24. The summed E-state index contributed by atoms with van der Waals surface area (Å²) in [6.07, 6.45) is 1.02. The largest absolute Gasteiger partial charge is 0.128 e. The maximum atomic E-state index is 2.39. The minimum Gasteiger partial charge on any atom is -0.0632 e. The molecule has 0 nitrogen and oxygen atoms in total. The van der Waals surface area contributed by atoms with Gasteiger partial charge in [0.1, 0.15) is 7.28 Å². The topological polar surface area (TPSA) is 0 Å². The zero-order valence-electron chi connectivity index (χ0n) is 10.6. The highest BCUT2D eigenvalue weighted by Crippen LogP contribution is 2.22. The minimum absolute atomic E-state index is 0.122. The fraction of sp³-hybridized carbons (Fsp3) is 0.250. The Hall–Kier alpha value is -1.50. The number of benzene rings is 2. The molecule has 0 aliphatic heterocycles. The van der Waals surface area contributed by atoms with Crippen molar-refractivity contribution in [3.05, 3.63) is 71.8 Å². The second kappa shape index (κ2) is 5.22. The van der Waals surface area contributed by atoms with Crippen molar-refractivity contribution < 1.29 is 0 Å². The van der Waals surface area contributed by atoms with Gasteiger partial charge in [0.2, 0.25) is 0 Å². The van der Waals surface area contributed by atoms with Crippen LogP contribution in [0.4, 0.5) is 0 Å². The van der Waals surface area contributed by atoms with Crippen LogP contribution in [0.25, 0.3) is 0 Å². The molecule has 2 aromatic rings. The zero-order chi connectivity index (χ0) is 12.1. The first-order valence-electron chi connectivity index (χ1n) is 6.12. The van der Waals surface area contributed by atoms with Crippen molar-refractivity contribution in [2.75, 3.05) is 0 Å². The Labute approximate surface area is 105 Å². The van der Waals surface area contributed by atoms with Crippen LogP contribution < -0.4 is 0 Å². The van der Waals surface area contributed by atoms with E-state index in [2.05, 4.69) is 81.8 Å². The van der Waals surface area contributed by atoms with Gasteiger partial charge in [-0.15, -0.1) is 0 Å². The number of hydrogen-bond acceptors (Lipinski definition) is 0. The van der Waals surface area contributed by atoms with Gasteiger partial charge in [-0.3, -0.25) is 0 Å². The van der Waals surface area contributed by atoms with Gasteiger partial charge in [0, 0.05) is 0 Å². The minimum atomic E-state index is 0.122. The molecule has 1 radical (unpaired) electrons. The normalized spacial score (nSPS) is 11.2. The smallest absolute Gasteiger partial charge is 0.0632 e. The first-order chi connectivity index (χ1) is 8.18. The monoisotopic (exact) mass is 221 g/mol. The van der Waals surface area contributed by atoms with Crippen LogP contribution in [0.1, 0.15) is 25.0 Å². The third-order valence-corrected chi connectivity index (χ3v) is 3.21. The van der Waals surface area contributed by atoms with Crippen LogP contribution in [0.3, 0.4) is 0 Å². The van der Waals surface area contributed by atoms with Gasteiger partial charge in [-0.25, -0.2) is 0 Å². The van der Waals surface area contributed by atoms with Crippen molar-refractivity contribution in [1.82, 2.24) is 0 Å². The van der Waals surface area contributed by atoms with Crippen LogP contribution in [0, 0.1) is 0 Å². The van der Waals surface area contributed by atoms with Crippen molar-refractivity contribution in [2.45, 2.75) is 25.5 Å². The Kier molecular flexibility index (Phi) is 3.68. The molecule has 0 unspecified atom stereocenters. The Balaban J connectivity index is 2.03. The fourth-order valence-electron chi connectivity index (χ4n) is 1.97. The molecule has 85 valence electrons. The number of rotatable bonds is 4. The Morgan fingerprint density at radius 2 is 1.35 bits per heavy atom. The summed E-state index contributed by atoms with van der Waals surface area (Å²) in [4.78, 5) is 0. The molecule has 2 aromatic carbocycles. The van der Waals surface area contributed by atoms with E-state index in [1.807, 2.05) is 0 Å². The molecule has 17 heavy (non-hydrogen) atoms. The molecule has 0 saturated carbocycles. The summed E-state index contributed by atoms with van der Waals surface area (Å²) in [7, 11) is 2.39. The zero-order valence-corrected chi connectivity index (χ0v) is 10.6. The van der Waals surface area contributed by atoms with E-state index in [-0.39, 0.29) is 5.31 Å². The predicted octanol–water partition coefficient (Wildman–Crippen LogP) is 3.83. The first kappa shape index (κ1) is 12.0. The van der Waals surface area contributed by atoms with E-state index in [9.17, 15) is 0 Å². The van der Waals surface area contributed by atoms with Crippen LogP contribution in [0.15, 0.2) is 60.7 Å². The fourth-order valence-corrected chi connectivity index (χ4v) is 1.97. The average Bonchev–Trinajstić information content (AvgIpc) is 2.39. The van der Waals surface area contributed by atoms with E-state index in [0.29, 0.717) is 0 Å². The van der Waals surface area contributed by atoms with Crippen LogP contribution in [-0.2, 0) is 11.6 Å². The molecular formula is C16H18B. The highest BCUT2D eigenvalue weighted by atomic mass is 14.1. The molecule has 0 bridgehead atoms. The summed E-state index contributed by atoms with van der Waals surface area (Å²) in [5.41, 5.74) is 2.74. The van der Waals surface area contributed by atoms with Gasteiger partial charge in [0.15, 0.2) is 0 Å². The van der Waals surface area contributed by atoms with Crippen molar-refractivity contribution in [3.63, 3.8) is 0 Å². The van der Waals surface area contributed by atoms with E-state index in [4.69, 9.17) is 0 Å². The molecule has 0 spiro atoms. The quantitative estimate of drug-likeness (QED) is 0.688. The molecule has 0 amide bonds. The summed E-state index contributed by atoms with van der Waals surface area (Å²) in [5.74, 6) is 0. The van der Waals surface area contributed by atoms with Gasteiger partial charge in [-0.1, -0.05) is 92.0 Å². The highest BCUT2D eigenvalue weighted by molar-refractivity contribution is 6.39. The molecule has 0 aliphatic carbocycles. The van der Waals surface area contributed by atoms with Crippen LogP contribution in [0.5, 0.6) is 0 Å². The maximum Gasteiger partial charge on any atom is 0.128 e. The van der Waals surface area contributed by atoms with Crippen molar-refractivity contribution in [1.29, 1.82) is 0 Å². The summed E-state index contributed by atoms with van der Waals surface area (Å²) >= 11 is 0. The van der Waals surface area contributed by atoms with Crippen LogP contribution >= 0.6 is 0 Å². The summed E-state index contributed by atoms with van der Waals surface area (Å²) < 4.78 is 0. The third kappa shape index (κ3) is 3.23. The molecule has 0 N–H and O–H groups in total. The summed E-state index contributed by atoms with van der Waals surface area (Å²) in [6.45, 7) is 4.54. The second-order valence-corrected chi connectivity index (χ2v) is 4.98. The Morgan fingerprint density at radius 3 is 1.94 bits per heavy atom. The van der Waals surface area contributed by atoms with Crippen molar-refractivity contribution in [2.24, 2.45) is 0 Å². The van der Waals surface area contributed by atoms with Crippen molar-refractivity contribution >= 4 is 7.28 Å². The molecule has 0 aliphatic rings. The standard InChI is InChI=1S/C16H18B/c1-16(2,15-11-7-4-8-12-15)17-13-14-9-5-3-6-10-14/h3-12H,13H2,1-2H3. The lowest BCUT2D eigenvalue weighted by molar-refractivity contribution is 0.745. The van der Waals surface area contributed by atoms with E-state index in [1.165, 1.54) is 11.1 Å². The number of hydrogen-bond donors (Lipinski definition) is 0. The van der Waals surface area contributed by atoms with Gasteiger partial charge in [-0.05, 0) is 5.31 Å². The van der Waals surface area contributed by atoms with Crippen molar-refractivity contribution in [3.8, 4) is 0 Å². The Bertz CT molecular complexity index is 445. The lowest BCUT2D eigenvalue weighted by atomic mass is 9.49. The predicted molar refractivity (Wildman–Crippen MR) is 75.4 cm³/mol. The SMILES string of the molecule is CC(C)([B]Cc1ccccc1)c1ccccc1. The summed E-state index contributed by atoms with van der Waals surface area (Å²) in [5, 5.41) is 0.122. The van der Waals surface area contributed by atoms with E-state index < -0.39 is 0 Å². The Morgan fingerprint density at radius 1 is 0.824 bits per heavy atom. The molecule has 1 heteroatoms. The third-order valence-electron chi connectivity index (χ3n) is 3.21. The van der Waals surface area contributed by atoms with Gasteiger partial charge in [-0.2, -0.15) is 0 Å². The van der Waals surface area contributed by atoms with Gasteiger partial charge in [0.05, 0.1) is 0 Å². The van der Waals surface area contributed by atoms with E-state index >= 15 is 0 Å². The van der Waals surface area contributed by atoms with Gasteiger partial charge in [0.25, 0.3) is 0 Å². The van der Waals surface area contributed by atoms with Crippen LogP contribution in [0.2, 0.25) is 0 Å². The lowest BCUT2D eigenvalue weighted by Crippen LogP contribution is -2.27. The van der Waals surface area contributed by atoms with Gasteiger partial charge >= 0.3 is 0 Å². The highest BCUT2D eigenvalue weighted by Gasteiger charge is 2.20. The average molecular weight is 221 g/mol. The molecule has 0 heterocycles. The second-order valence-electron chi connectivity index (χ2n) is 4.98. The van der Waals surface area contributed by atoms with E-state index in [1.54, 1.807) is 0 Å². The first-order valence-corrected chi connectivity index (χ1v) is 6.12. The summed E-state index contributed by atoms with van der Waals surface area (Å²) in [6, 6.07) is 21.3. The maximum absolute atomic E-state index is 2.39. The molecular weight excluding hydrogens is 203 g/mol. The molecule has 0 atom stereocenters. The molecule has 0 fully saturated rings. The van der Waals surface area contributed by atoms with Crippen LogP contribution in [-0.4, -0.2) is 7.28 Å². The molecule has 0 saturated heterocycles.